The molecule has 0 fully saturated rings. The van der Waals surface area contributed by atoms with Crippen LogP contribution in [0.1, 0.15) is 27.2 Å². The Balaban J connectivity index is 1.85. The number of hydrazone groups is 1. The molecule has 0 atom stereocenters. The molecule has 2 aromatic rings. The third-order valence-corrected chi connectivity index (χ3v) is 3.47. The number of nitrogens with zero attached hydrogens (tertiary/aromatic N) is 3. The van der Waals surface area contributed by atoms with Crippen molar-refractivity contribution in [2.24, 2.45) is 5.10 Å². The van der Waals surface area contributed by atoms with Crippen LogP contribution in [0.5, 0.6) is 0 Å². The van der Waals surface area contributed by atoms with E-state index < -0.39 is 11.7 Å². The van der Waals surface area contributed by atoms with Gasteiger partial charge in [0.2, 0.25) is 0 Å². The first kappa shape index (κ1) is 14.9. The number of fused-ring (bicyclic) bond motifs is 1. The lowest BCUT2D eigenvalue weighted by atomic mass is 10.1. The second kappa shape index (κ2) is 6.39. The molecule has 3 N–H and O–H groups in total. The molecule has 0 radical (unpaired) electrons. The van der Waals surface area contributed by atoms with Crippen LogP contribution in [0.25, 0.3) is 0 Å². The lowest BCUT2D eigenvalue weighted by molar-refractivity contribution is 0.0963. The molecule has 23 heavy (non-hydrogen) atoms. The quantitative estimate of drug-likeness (QED) is 0.784. The van der Waals surface area contributed by atoms with Crippen molar-refractivity contribution in [2.75, 3.05) is 12.4 Å². The highest BCUT2D eigenvalue weighted by atomic mass is 19.1. The van der Waals surface area contributed by atoms with E-state index in [1.54, 1.807) is 12.4 Å². The molecule has 7 nitrogen and oxygen atoms in total. The smallest absolute Gasteiger partial charge is 0.254 e. The Hall–Kier alpha value is -3.03. The van der Waals surface area contributed by atoms with Gasteiger partial charge in [-0.3, -0.25) is 9.78 Å². The number of halogens is 1. The molecule has 1 aliphatic rings. The summed E-state index contributed by atoms with van der Waals surface area (Å²) in [7, 11) is 1.49. The molecule has 0 bridgehead atoms. The van der Waals surface area contributed by atoms with E-state index >= 15 is 0 Å². The fourth-order valence-corrected chi connectivity index (χ4v) is 2.31. The first-order chi connectivity index (χ1) is 11.2. The highest BCUT2D eigenvalue weighted by molar-refractivity contribution is 5.98. The number of anilines is 1. The Morgan fingerprint density at radius 1 is 1.43 bits per heavy atom. The number of hydrogen-bond donors (Lipinski definition) is 3. The average molecular weight is 314 g/mol. The summed E-state index contributed by atoms with van der Waals surface area (Å²) in [5.41, 5.74) is 5.82. The topological polar surface area (TPSA) is 91.3 Å². The van der Waals surface area contributed by atoms with Gasteiger partial charge in [0, 0.05) is 25.4 Å². The average Bonchev–Trinajstić information content (AvgIpc) is 2.60. The Labute approximate surface area is 132 Å². The summed E-state index contributed by atoms with van der Waals surface area (Å²) in [4.78, 5) is 20.1. The van der Waals surface area contributed by atoms with E-state index in [0.29, 0.717) is 18.9 Å². The predicted octanol–water partition coefficient (Wildman–Crippen LogP) is 1.02. The Morgan fingerprint density at radius 2 is 2.30 bits per heavy atom. The van der Waals surface area contributed by atoms with Crippen molar-refractivity contribution in [3.63, 3.8) is 0 Å². The lowest BCUT2D eigenvalue weighted by Gasteiger charge is -2.15. The van der Waals surface area contributed by atoms with Gasteiger partial charge in [-0.25, -0.2) is 9.37 Å². The van der Waals surface area contributed by atoms with Crippen LogP contribution >= 0.6 is 0 Å². The van der Waals surface area contributed by atoms with E-state index in [-0.39, 0.29) is 5.56 Å². The first-order valence-corrected chi connectivity index (χ1v) is 7.03. The summed E-state index contributed by atoms with van der Waals surface area (Å²) >= 11 is 0. The van der Waals surface area contributed by atoms with Crippen LogP contribution < -0.4 is 16.1 Å². The zero-order valence-electron chi connectivity index (χ0n) is 12.4. The van der Waals surface area contributed by atoms with Gasteiger partial charge in [-0.05, 0) is 17.7 Å². The van der Waals surface area contributed by atoms with Crippen LogP contribution in [0.4, 0.5) is 10.2 Å². The fraction of sp³-hybridized carbons (Fsp3) is 0.200. The highest BCUT2D eigenvalue weighted by Gasteiger charge is 2.15. The van der Waals surface area contributed by atoms with Gasteiger partial charge in [0.15, 0.2) is 0 Å². The SMILES string of the molecule is CNC(=O)c1cc(F)cnc1NCc1ccnc2c1C=NNC2. The number of carbonyl (C=O) groups is 1. The number of hydrogen-bond acceptors (Lipinski definition) is 6. The third kappa shape index (κ3) is 3.10. The molecule has 0 saturated carbocycles. The van der Waals surface area contributed by atoms with Crippen molar-refractivity contribution in [3.8, 4) is 0 Å². The minimum atomic E-state index is -0.561. The molecule has 8 heteroatoms. The largest absolute Gasteiger partial charge is 0.365 e. The summed E-state index contributed by atoms with van der Waals surface area (Å²) in [6.45, 7) is 0.984. The number of aromatic nitrogens is 2. The van der Waals surface area contributed by atoms with Gasteiger partial charge in [0.1, 0.15) is 11.6 Å². The van der Waals surface area contributed by atoms with E-state index in [0.717, 1.165) is 29.1 Å². The van der Waals surface area contributed by atoms with Crippen LogP contribution in [-0.2, 0) is 13.1 Å². The van der Waals surface area contributed by atoms with Crippen LogP contribution in [0.2, 0.25) is 0 Å². The molecule has 3 heterocycles. The fourth-order valence-electron chi connectivity index (χ4n) is 2.31. The molecule has 1 amide bonds. The molecule has 118 valence electrons. The van der Waals surface area contributed by atoms with E-state index in [9.17, 15) is 9.18 Å². The summed E-state index contributed by atoms with van der Waals surface area (Å²) < 4.78 is 13.3. The molecule has 3 rings (SSSR count). The number of nitrogens with one attached hydrogen (secondary N) is 3. The van der Waals surface area contributed by atoms with E-state index in [1.807, 2.05) is 6.07 Å². The molecular weight excluding hydrogens is 299 g/mol. The monoisotopic (exact) mass is 314 g/mol. The van der Waals surface area contributed by atoms with Gasteiger partial charge >= 0.3 is 0 Å². The van der Waals surface area contributed by atoms with Gasteiger partial charge in [-0.15, -0.1) is 0 Å². The molecule has 0 aliphatic carbocycles. The van der Waals surface area contributed by atoms with Crippen molar-refractivity contribution in [1.82, 2.24) is 20.7 Å². The van der Waals surface area contributed by atoms with Crippen molar-refractivity contribution in [1.29, 1.82) is 0 Å². The van der Waals surface area contributed by atoms with E-state index in [1.165, 1.54) is 7.05 Å². The normalized spacial score (nSPS) is 12.3. The number of rotatable bonds is 4. The number of amides is 1. The maximum absolute atomic E-state index is 13.3. The third-order valence-electron chi connectivity index (χ3n) is 3.47. The maximum Gasteiger partial charge on any atom is 0.254 e. The van der Waals surface area contributed by atoms with Crippen molar-refractivity contribution < 1.29 is 9.18 Å². The van der Waals surface area contributed by atoms with Crippen LogP contribution in [0.3, 0.4) is 0 Å². The molecule has 0 aromatic carbocycles. The molecular formula is C15H15FN6O. The maximum atomic E-state index is 13.3. The molecule has 1 aliphatic heterocycles. The summed E-state index contributed by atoms with van der Waals surface area (Å²) in [5, 5.41) is 9.58. The zero-order chi connectivity index (χ0) is 16.2. The zero-order valence-corrected chi connectivity index (χ0v) is 12.4. The number of carbonyl (C=O) groups excluding carboxylic acids is 1. The van der Waals surface area contributed by atoms with Crippen molar-refractivity contribution in [2.45, 2.75) is 13.1 Å². The summed E-state index contributed by atoms with van der Waals surface area (Å²) in [6, 6.07) is 3.02. The minimum Gasteiger partial charge on any atom is -0.365 e. The molecule has 0 unspecified atom stereocenters. The second-order valence-corrected chi connectivity index (χ2v) is 4.91. The van der Waals surface area contributed by atoms with Gasteiger partial charge in [0.25, 0.3) is 5.91 Å². The van der Waals surface area contributed by atoms with E-state index in [2.05, 4.69) is 31.1 Å². The standard InChI is InChI=1S/C15H15FN6O/c1-17-15(23)11-4-10(16)6-20-14(11)19-5-9-2-3-18-13-8-22-21-7-12(9)13/h2-4,6-7,22H,5,8H2,1H3,(H,17,23)(H,19,20). The molecule has 2 aromatic heterocycles. The summed E-state index contributed by atoms with van der Waals surface area (Å²) in [6.07, 6.45) is 4.50. The Bertz CT molecular complexity index is 777. The van der Waals surface area contributed by atoms with Crippen molar-refractivity contribution in [3.05, 3.63) is 52.7 Å². The molecule has 0 saturated heterocycles. The molecule has 0 spiro atoms. The first-order valence-electron chi connectivity index (χ1n) is 7.03. The Morgan fingerprint density at radius 3 is 3.13 bits per heavy atom. The van der Waals surface area contributed by atoms with Crippen molar-refractivity contribution >= 4 is 17.9 Å². The Kier molecular flexibility index (Phi) is 4.13. The van der Waals surface area contributed by atoms with Crippen LogP contribution in [0.15, 0.2) is 29.6 Å². The van der Waals surface area contributed by atoms with Gasteiger partial charge < -0.3 is 16.1 Å². The van der Waals surface area contributed by atoms with Crippen LogP contribution in [-0.4, -0.2) is 29.1 Å². The lowest BCUT2D eigenvalue weighted by Crippen LogP contribution is -2.21. The predicted molar refractivity (Wildman–Crippen MR) is 83.6 cm³/mol. The second-order valence-electron chi connectivity index (χ2n) is 4.91. The number of pyridine rings is 2. The summed E-state index contributed by atoms with van der Waals surface area (Å²) in [5.74, 6) is -0.641. The van der Waals surface area contributed by atoms with Gasteiger partial charge in [-0.2, -0.15) is 5.10 Å². The van der Waals surface area contributed by atoms with E-state index in [4.69, 9.17) is 0 Å². The minimum absolute atomic E-state index is 0.158. The van der Waals surface area contributed by atoms with Crippen LogP contribution in [0, 0.1) is 5.82 Å². The highest BCUT2D eigenvalue weighted by Crippen LogP contribution is 2.17. The van der Waals surface area contributed by atoms with Gasteiger partial charge in [0.05, 0.1) is 30.2 Å². The van der Waals surface area contributed by atoms with Gasteiger partial charge in [-0.1, -0.05) is 0 Å².